The van der Waals surface area contributed by atoms with E-state index in [1.165, 1.54) is 62.1 Å². The molecule has 18 heavy (non-hydrogen) atoms. The highest BCUT2D eigenvalue weighted by Crippen LogP contribution is 2.50. The first-order valence-electron chi connectivity index (χ1n) is 7.47. The molecule has 2 fully saturated rings. The van der Waals surface area contributed by atoms with Crippen LogP contribution in [-0.2, 0) is 18.4 Å². The second-order valence-corrected chi connectivity index (χ2v) is 7.87. The van der Waals surface area contributed by atoms with Crippen molar-refractivity contribution in [3.63, 3.8) is 0 Å². The van der Waals surface area contributed by atoms with Crippen molar-refractivity contribution in [2.45, 2.75) is 69.7 Å². The molecule has 0 aliphatic heterocycles. The molecule has 0 radical (unpaired) electrons. The number of nitrogens with zero attached hydrogens (tertiary/aromatic N) is 1. The summed E-state index contributed by atoms with van der Waals surface area (Å²) in [6, 6.07) is 0. The van der Waals surface area contributed by atoms with Crippen molar-refractivity contribution in [1.82, 2.24) is 4.98 Å². The molecule has 0 saturated heterocycles. The van der Waals surface area contributed by atoms with Crippen LogP contribution in [0.15, 0.2) is 0 Å². The summed E-state index contributed by atoms with van der Waals surface area (Å²) in [5.41, 5.74) is 8.42. The van der Waals surface area contributed by atoms with Crippen molar-refractivity contribution >= 4 is 11.3 Å². The molecular weight excluding hydrogens is 240 g/mol. The zero-order valence-corrected chi connectivity index (χ0v) is 11.8. The Morgan fingerprint density at radius 2 is 1.78 bits per heavy atom. The second kappa shape index (κ2) is 3.80. The van der Waals surface area contributed by atoms with E-state index in [0.717, 1.165) is 12.8 Å². The van der Waals surface area contributed by atoms with Crippen LogP contribution in [0.4, 0.5) is 0 Å². The van der Waals surface area contributed by atoms with Crippen molar-refractivity contribution in [3.8, 4) is 0 Å². The van der Waals surface area contributed by atoms with Crippen LogP contribution in [0.1, 0.15) is 66.9 Å². The molecule has 3 heteroatoms. The number of aromatic nitrogens is 1. The third-order valence-corrected chi connectivity index (χ3v) is 6.86. The molecule has 1 spiro atoms. The summed E-state index contributed by atoms with van der Waals surface area (Å²) in [7, 11) is 0. The normalized spacial score (nSPS) is 28.1. The van der Waals surface area contributed by atoms with Gasteiger partial charge in [-0.15, -0.1) is 11.3 Å². The van der Waals surface area contributed by atoms with Gasteiger partial charge in [0.05, 0.1) is 11.2 Å². The fourth-order valence-electron chi connectivity index (χ4n) is 4.07. The molecule has 3 aliphatic rings. The van der Waals surface area contributed by atoms with E-state index in [9.17, 15) is 0 Å². The molecule has 0 amide bonds. The van der Waals surface area contributed by atoms with Gasteiger partial charge in [-0.1, -0.05) is 12.8 Å². The molecule has 1 aromatic heterocycles. The largest absolute Gasteiger partial charge is 0.319 e. The summed E-state index contributed by atoms with van der Waals surface area (Å²) < 4.78 is 0. The lowest BCUT2D eigenvalue weighted by atomic mass is 9.74. The average Bonchev–Trinajstić information content (AvgIpc) is 2.93. The summed E-state index contributed by atoms with van der Waals surface area (Å²) in [5, 5.41) is 1.24. The quantitative estimate of drug-likeness (QED) is 0.841. The Kier molecular flexibility index (Phi) is 2.41. The minimum atomic E-state index is -0.0507. The van der Waals surface area contributed by atoms with Gasteiger partial charge in [-0.05, 0) is 56.8 Å². The molecule has 2 N–H and O–H groups in total. The van der Waals surface area contributed by atoms with Gasteiger partial charge in [0.1, 0.15) is 5.01 Å². The third-order valence-electron chi connectivity index (χ3n) is 5.54. The zero-order chi connectivity index (χ0) is 12.2. The Morgan fingerprint density at radius 1 is 1.00 bits per heavy atom. The van der Waals surface area contributed by atoms with Crippen molar-refractivity contribution in [1.29, 1.82) is 0 Å². The van der Waals surface area contributed by atoms with Crippen LogP contribution in [0, 0.1) is 5.41 Å². The van der Waals surface area contributed by atoms with Gasteiger partial charge >= 0.3 is 0 Å². The van der Waals surface area contributed by atoms with Gasteiger partial charge in [0.15, 0.2) is 0 Å². The van der Waals surface area contributed by atoms with Crippen LogP contribution in [0.5, 0.6) is 0 Å². The Balaban J connectivity index is 1.64. The Hall–Kier alpha value is -0.410. The number of nitrogens with two attached hydrogens (primary N) is 1. The van der Waals surface area contributed by atoms with E-state index in [-0.39, 0.29) is 5.54 Å². The molecule has 4 rings (SSSR count). The molecular formula is C15H22N2S. The number of hydrogen-bond acceptors (Lipinski definition) is 3. The summed E-state index contributed by atoms with van der Waals surface area (Å²) in [6.45, 7) is 0. The first-order valence-corrected chi connectivity index (χ1v) is 8.29. The maximum Gasteiger partial charge on any atom is 0.113 e. The molecule has 2 nitrogen and oxygen atoms in total. The number of rotatable bonds is 1. The monoisotopic (exact) mass is 262 g/mol. The first-order chi connectivity index (χ1) is 8.69. The third kappa shape index (κ3) is 1.60. The smallest absolute Gasteiger partial charge is 0.113 e. The molecule has 0 bridgehead atoms. The average molecular weight is 262 g/mol. The maximum atomic E-state index is 6.43. The van der Waals surface area contributed by atoms with Crippen LogP contribution in [0.3, 0.4) is 0 Å². The molecule has 98 valence electrons. The highest BCUT2D eigenvalue weighted by atomic mass is 32.1. The summed E-state index contributed by atoms with van der Waals surface area (Å²) >= 11 is 1.94. The van der Waals surface area contributed by atoms with E-state index in [4.69, 9.17) is 10.7 Å². The van der Waals surface area contributed by atoms with Gasteiger partial charge in [-0.3, -0.25) is 0 Å². The molecule has 1 aromatic rings. The Labute approximate surface area is 113 Å². The minimum absolute atomic E-state index is 0.0507. The van der Waals surface area contributed by atoms with E-state index < -0.39 is 0 Å². The lowest BCUT2D eigenvalue weighted by Gasteiger charge is -2.35. The van der Waals surface area contributed by atoms with Crippen LogP contribution >= 0.6 is 11.3 Å². The van der Waals surface area contributed by atoms with E-state index >= 15 is 0 Å². The minimum Gasteiger partial charge on any atom is -0.319 e. The highest BCUT2D eigenvalue weighted by Gasteiger charge is 2.42. The van der Waals surface area contributed by atoms with Crippen LogP contribution in [0.25, 0.3) is 0 Å². The van der Waals surface area contributed by atoms with Gasteiger partial charge in [0.2, 0.25) is 0 Å². The summed E-state index contributed by atoms with van der Waals surface area (Å²) in [6.07, 6.45) is 13.3. The molecule has 0 aromatic carbocycles. The maximum absolute atomic E-state index is 6.43. The SMILES string of the molecule is NC1(c2nc3c(s2)CC2(CCCC2)CC3)CCC1. The number of aryl methyl sites for hydroxylation is 1. The first kappa shape index (κ1) is 11.4. The van der Waals surface area contributed by atoms with Crippen molar-refractivity contribution < 1.29 is 0 Å². The molecule has 3 aliphatic carbocycles. The Morgan fingerprint density at radius 3 is 2.44 bits per heavy atom. The summed E-state index contributed by atoms with van der Waals surface area (Å²) in [4.78, 5) is 6.47. The number of thiazole rings is 1. The van der Waals surface area contributed by atoms with Crippen molar-refractivity contribution in [2.24, 2.45) is 11.1 Å². The molecule has 0 atom stereocenters. The predicted octanol–water partition coefficient (Wildman–Crippen LogP) is 3.53. The van der Waals surface area contributed by atoms with E-state index in [2.05, 4.69) is 0 Å². The van der Waals surface area contributed by atoms with Gasteiger partial charge in [-0.25, -0.2) is 4.98 Å². The van der Waals surface area contributed by atoms with Crippen LogP contribution < -0.4 is 5.73 Å². The number of hydrogen-bond donors (Lipinski definition) is 1. The van der Waals surface area contributed by atoms with E-state index in [1.54, 1.807) is 4.88 Å². The fourth-order valence-corrected chi connectivity index (χ4v) is 5.51. The molecule has 2 saturated carbocycles. The van der Waals surface area contributed by atoms with Crippen molar-refractivity contribution in [3.05, 3.63) is 15.6 Å². The van der Waals surface area contributed by atoms with Gasteiger partial charge in [-0.2, -0.15) is 0 Å². The molecule has 0 unspecified atom stereocenters. The molecule has 1 heterocycles. The van der Waals surface area contributed by atoms with Gasteiger partial charge < -0.3 is 5.73 Å². The standard InChI is InChI=1S/C15H22N2S/c16-15(7-3-8-15)13-17-11-4-9-14(5-1-2-6-14)10-12(11)18-13/h1-10,16H2. The lowest BCUT2D eigenvalue weighted by molar-refractivity contribution is 0.249. The van der Waals surface area contributed by atoms with E-state index in [0.29, 0.717) is 5.41 Å². The highest BCUT2D eigenvalue weighted by molar-refractivity contribution is 7.12. The lowest BCUT2D eigenvalue weighted by Crippen LogP contribution is -2.43. The van der Waals surface area contributed by atoms with Gasteiger partial charge in [0, 0.05) is 4.88 Å². The zero-order valence-electron chi connectivity index (χ0n) is 11.0. The van der Waals surface area contributed by atoms with Crippen LogP contribution in [-0.4, -0.2) is 4.98 Å². The Bertz CT molecular complexity index is 467. The van der Waals surface area contributed by atoms with E-state index in [1.807, 2.05) is 11.3 Å². The topological polar surface area (TPSA) is 38.9 Å². The summed E-state index contributed by atoms with van der Waals surface area (Å²) in [5.74, 6) is 0. The predicted molar refractivity (Wildman–Crippen MR) is 74.8 cm³/mol. The fraction of sp³-hybridized carbons (Fsp3) is 0.800. The van der Waals surface area contributed by atoms with Crippen LogP contribution in [0.2, 0.25) is 0 Å². The van der Waals surface area contributed by atoms with Crippen molar-refractivity contribution in [2.75, 3.05) is 0 Å². The second-order valence-electron chi connectivity index (χ2n) is 6.78. The number of fused-ring (bicyclic) bond motifs is 1. The van der Waals surface area contributed by atoms with Gasteiger partial charge in [0.25, 0.3) is 0 Å².